The Morgan fingerprint density at radius 1 is 1.26 bits per heavy atom. The number of carbonyl (C=O) groups is 3. The van der Waals surface area contributed by atoms with Crippen molar-refractivity contribution in [3.05, 3.63) is 52.1 Å². The number of ether oxygens (including phenoxy) is 1. The topological polar surface area (TPSA) is 101 Å². The molecule has 2 aromatic rings. The molecular weight excluding hydrogens is 496 g/mol. The fourth-order valence-electron chi connectivity index (χ4n) is 4.51. The van der Waals surface area contributed by atoms with Crippen LogP contribution in [0.2, 0.25) is 5.02 Å². The Labute approximate surface area is 201 Å². The molecule has 3 N–H and O–H groups in total. The third-order valence-electron chi connectivity index (χ3n) is 6.44. The minimum atomic E-state index is -4.64. The van der Waals surface area contributed by atoms with Gasteiger partial charge in [-0.25, -0.2) is 4.39 Å². The van der Waals surface area contributed by atoms with Gasteiger partial charge < -0.3 is 25.3 Å². The molecule has 2 heterocycles. The number of hydrogen-bond donors (Lipinski definition) is 3. The first-order valence-electron chi connectivity index (χ1n) is 10.5. The number of alkyl halides is 3. The van der Waals surface area contributed by atoms with Gasteiger partial charge in [0.2, 0.25) is 11.8 Å². The second-order valence-corrected chi connectivity index (χ2v) is 8.86. The van der Waals surface area contributed by atoms with Crippen molar-refractivity contribution in [2.24, 2.45) is 5.92 Å². The Hall–Kier alpha value is -3.12. The van der Waals surface area contributed by atoms with Crippen molar-refractivity contribution in [1.82, 2.24) is 15.2 Å². The fraction of sp³-hybridized carbons (Fsp3) is 0.409. The van der Waals surface area contributed by atoms with Crippen LogP contribution in [0.4, 0.5) is 23.2 Å². The molecule has 0 radical (unpaired) electrons. The van der Waals surface area contributed by atoms with E-state index >= 15 is 0 Å². The van der Waals surface area contributed by atoms with Gasteiger partial charge in [0.1, 0.15) is 18.1 Å². The van der Waals surface area contributed by atoms with Crippen LogP contribution in [-0.4, -0.2) is 48.2 Å². The molecule has 188 valence electrons. The second kappa shape index (κ2) is 8.83. The third-order valence-corrected chi connectivity index (χ3v) is 6.78. The first kappa shape index (κ1) is 25.0. The highest BCUT2D eigenvalue weighted by atomic mass is 35.5. The molecule has 1 aliphatic heterocycles. The highest BCUT2D eigenvalue weighted by Crippen LogP contribution is 2.51. The van der Waals surface area contributed by atoms with E-state index in [-0.39, 0.29) is 34.2 Å². The highest BCUT2D eigenvalue weighted by Gasteiger charge is 2.64. The lowest BCUT2D eigenvalue weighted by molar-refractivity contribution is -0.305. The third kappa shape index (κ3) is 4.25. The molecule has 13 heteroatoms. The van der Waals surface area contributed by atoms with Gasteiger partial charge in [0.15, 0.2) is 5.60 Å². The average molecular weight is 517 g/mol. The lowest BCUT2D eigenvalue weighted by atomic mass is 9.69. The molecule has 4 rings (SSSR count). The van der Waals surface area contributed by atoms with Crippen molar-refractivity contribution in [2.75, 3.05) is 19.5 Å². The van der Waals surface area contributed by atoms with Crippen molar-refractivity contribution in [3.63, 3.8) is 0 Å². The number of fused-ring (bicyclic) bond motifs is 1. The molecule has 1 atom stereocenters. The summed E-state index contributed by atoms with van der Waals surface area (Å²) in [7, 11) is 2.32. The van der Waals surface area contributed by atoms with E-state index in [9.17, 15) is 31.9 Å². The SMILES string of the molecule is CNC(=O)c1cc(NC(=O)C2CC(OC)(C(F)(F)F)C2)c2n1CC(=O)NC2c1cc(F)ccc1Cl. The van der Waals surface area contributed by atoms with Crippen LogP contribution in [0.1, 0.15) is 40.6 Å². The molecule has 1 aromatic heterocycles. The van der Waals surface area contributed by atoms with Gasteiger partial charge in [-0.15, -0.1) is 0 Å². The zero-order valence-electron chi connectivity index (χ0n) is 18.6. The lowest BCUT2D eigenvalue weighted by Crippen LogP contribution is -2.59. The van der Waals surface area contributed by atoms with E-state index in [1.807, 2.05) is 0 Å². The van der Waals surface area contributed by atoms with E-state index in [2.05, 4.69) is 20.7 Å². The maximum Gasteiger partial charge on any atom is 0.417 e. The molecule has 0 bridgehead atoms. The van der Waals surface area contributed by atoms with Crippen molar-refractivity contribution >= 4 is 35.0 Å². The number of amides is 3. The minimum absolute atomic E-state index is 0.0281. The second-order valence-electron chi connectivity index (χ2n) is 8.45. The van der Waals surface area contributed by atoms with Crippen LogP contribution in [-0.2, 0) is 20.9 Å². The maximum absolute atomic E-state index is 14.0. The summed E-state index contributed by atoms with van der Waals surface area (Å²) < 4.78 is 60.0. The van der Waals surface area contributed by atoms with Crippen LogP contribution in [0, 0.1) is 11.7 Å². The largest absolute Gasteiger partial charge is 0.417 e. The van der Waals surface area contributed by atoms with E-state index in [1.165, 1.54) is 23.7 Å². The molecule has 1 saturated carbocycles. The molecule has 1 unspecified atom stereocenters. The highest BCUT2D eigenvalue weighted by molar-refractivity contribution is 6.31. The molecule has 8 nitrogen and oxygen atoms in total. The van der Waals surface area contributed by atoms with E-state index in [4.69, 9.17) is 11.6 Å². The van der Waals surface area contributed by atoms with Gasteiger partial charge in [0.25, 0.3) is 5.91 Å². The van der Waals surface area contributed by atoms with Crippen molar-refractivity contribution in [1.29, 1.82) is 0 Å². The van der Waals surface area contributed by atoms with Gasteiger partial charge >= 0.3 is 6.18 Å². The van der Waals surface area contributed by atoms with Crippen LogP contribution in [0.25, 0.3) is 0 Å². The number of methoxy groups -OCH3 is 1. The molecule has 0 saturated heterocycles. The van der Waals surface area contributed by atoms with Crippen molar-refractivity contribution in [3.8, 4) is 0 Å². The molecule has 1 aromatic carbocycles. The van der Waals surface area contributed by atoms with Gasteiger partial charge in [-0.1, -0.05) is 11.6 Å². The fourth-order valence-corrected chi connectivity index (χ4v) is 4.74. The van der Waals surface area contributed by atoms with Crippen molar-refractivity contribution < 1.29 is 36.7 Å². The number of rotatable bonds is 5. The number of benzene rings is 1. The van der Waals surface area contributed by atoms with E-state index in [0.29, 0.717) is 0 Å². The zero-order chi connectivity index (χ0) is 25.7. The predicted molar refractivity (Wildman–Crippen MR) is 116 cm³/mol. The van der Waals surface area contributed by atoms with Crippen LogP contribution in [0.15, 0.2) is 24.3 Å². The number of nitrogens with one attached hydrogen (secondary N) is 3. The Bertz CT molecular complexity index is 1210. The number of nitrogens with zero attached hydrogens (tertiary/aromatic N) is 1. The minimum Gasteiger partial charge on any atom is -0.369 e. The van der Waals surface area contributed by atoms with Crippen LogP contribution < -0.4 is 16.0 Å². The summed E-state index contributed by atoms with van der Waals surface area (Å²) in [4.78, 5) is 37.8. The van der Waals surface area contributed by atoms with E-state index in [0.717, 1.165) is 19.2 Å². The molecule has 3 amide bonds. The normalized spacial score (nSPS) is 23.7. The monoisotopic (exact) mass is 516 g/mol. The number of hydrogen-bond acceptors (Lipinski definition) is 4. The Kier molecular flexibility index (Phi) is 6.30. The summed E-state index contributed by atoms with van der Waals surface area (Å²) in [5.41, 5.74) is -1.87. The quantitative estimate of drug-likeness (QED) is 0.531. The van der Waals surface area contributed by atoms with Gasteiger partial charge in [-0.2, -0.15) is 13.2 Å². The summed E-state index contributed by atoms with van der Waals surface area (Å²) in [5.74, 6) is -3.39. The summed E-state index contributed by atoms with van der Waals surface area (Å²) in [5, 5.41) is 7.82. The smallest absolute Gasteiger partial charge is 0.369 e. The van der Waals surface area contributed by atoms with Crippen LogP contribution >= 0.6 is 11.6 Å². The number of halogens is 5. The van der Waals surface area contributed by atoms with Gasteiger partial charge in [-0.05, 0) is 37.1 Å². The zero-order valence-corrected chi connectivity index (χ0v) is 19.3. The molecular formula is C22H21ClF4N4O4. The van der Waals surface area contributed by atoms with E-state index < -0.39 is 60.1 Å². The Morgan fingerprint density at radius 2 is 1.94 bits per heavy atom. The van der Waals surface area contributed by atoms with Gasteiger partial charge in [-0.3, -0.25) is 14.4 Å². The first-order chi connectivity index (χ1) is 16.4. The van der Waals surface area contributed by atoms with Crippen LogP contribution in [0.3, 0.4) is 0 Å². The maximum atomic E-state index is 14.0. The first-order valence-corrected chi connectivity index (χ1v) is 10.9. The Balaban J connectivity index is 1.72. The predicted octanol–water partition coefficient (Wildman–Crippen LogP) is 3.16. The molecule has 2 aliphatic rings. The summed E-state index contributed by atoms with van der Waals surface area (Å²) in [6, 6.07) is 3.83. The van der Waals surface area contributed by atoms with Gasteiger partial charge in [0, 0.05) is 30.7 Å². The summed E-state index contributed by atoms with van der Waals surface area (Å²) in [6.07, 6.45) is -5.76. The number of aromatic nitrogens is 1. The molecule has 0 spiro atoms. The summed E-state index contributed by atoms with van der Waals surface area (Å²) in [6.45, 7) is -0.276. The Morgan fingerprint density at radius 3 is 2.54 bits per heavy atom. The van der Waals surface area contributed by atoms with E-state index in [1.54, 1.807) is 0 Å². The molecule has 1 fully saturated rings. The van der Waals surface area contributed by atoms with Crippen molar-refractivity contribution in [2.45, 2.75) is 37.2 Å². The van der Waals surface area contributed by atoms with Crippen LogP contribution in [0.5, 0.6) is 0 Å². The molecule has 1 aliphatic carbocycles. The standard InChI is InChI=1S/C22H21ClF4N4O4/c1-28-20(34)15-6-14(29-19(33)10-7-21(8-10,35-2)22(25,26)27)18-17(30-16(32)9-31(15)18)12-5-11(24)3-4-13(12)23/h3-6,10,17H,7-9H2,1-2H3,(H,28,34)(H,29,33)(H,30,32). The number of anilines is 1. The lowest BCUT2D eigenvalue weighted by Gasteiger charge is -2.46. The molecule has 35 heavy (non-hydrogen) atoms. The average Bonchev–Trinajstić information content (AvgIpc) is 3.10. The van der Waals surface area contributed by atoms with Gasteiger partial charge in [0.05, 0.1) is 17.4 Å². The number of carbonyl (C=O) groups excluding carboxylic acids is 3. The summed E-state index contributed by atoms with van der Waals surface area (Å²) >= 11 is 6.26.